The van der Waals surface area contributed by atoms with Crippen LogP contribution in [0.2, 0.25) is 10.0 Å². The number of amides is 1. The highest BCUT2D eigenvalue weighted by molar-refractivity contribution is 6.31. The maximum absolute atomic E-state index is 13.5. The largest absolute Gasteiger partial charge is 0.493 e. The summed E-state index contributed by atoms with van der Waals surface area (Å²) in [4.78, 5) is 23.4. The third-order valence-corrected chi connectivity index (χ3v) is 3.96. The van der Waals surface area contributed by atoms with Gasteiger partial charge in [-0.05, 0) is 55.3 Å². The van der Waals surface area contributed by atoms with E-state index in [1.165, 1.54) is 12.1 Å². The Morgan fingerprint density at radius 3 is 2.56 bits per heavy atom. The third-order valence-electron chi connectivity index (χ3n) is 3.49. The monoisotopic (exact) mass is 413 g/mol. The van der Waals surface area contributed by atoms with Crippen LogP contribution in [-0.4, -0.2) is 25.1 Å². The number of ether oxygens (including phenoxy) is 2. The lowest BCUT2D eigenvalue weighted by molar-refractivity contribution is -0.147. The summed E-state index contributed by atoms with van der Waals surface area (Å²) in [6, 6.07) is 9.03. The van der Waals surface area contributed by atoms with Crippen molar-refractivity contribution in [1.29, 1.82) is 0 Å². The maximum atomic E-state index is 13.5. The molecule has 0 saturated heterocycles. The molecule has 0 radical (unpaired) electrons. The second-order valence-corrected chi connectivity index (χ2v) is 6.57. The van der Waals surface area contributed by atoms with E-state index >= 15 is 0 Å². The van der Waals surface area contributed by atoms with E-state index in [-0.39, 0.29) is 17.1 Å². The van der Waals surface area contributed by atoms with Crippen molar-refractivity contribution in [3.05, 3.63) is 57.8 Å². The predicted molar refractivity (Wildman–Crippen MR) is 102 cm³/mol. The summed E-state index contributed by atoms with van der Waals surface area (Å²) in [7, 11) is 0. The second-order valence-electron chi connectivity index (χ2n) is 5.69. The number of esters is 1. The maximum Gasteiger partial charge on any atom is 0.306 e. The average molecular weight is 414 g/mol. The minimum absolute atomic E-state index is 0.0738. The molecule has 0 fully saturated rings. The molecule has 2 aromatic carbocycles. The summed E-state index contributed by atoms with van der Waals surface area (Å²) in [5, 5.41) is 3.20. The molecule has 144 valence electrons. The van der Waals surface area contributed by atoms with Gasteiger partial charge >= 0.3 is 5.97 Å². The molecule has 0 aliphatic rings. The number of benzene rings is 2. The van der Waals surface area contributed by atoms with Crippen molar-refractivity contribution in [2.45, 2.75) is 19.8 Å². The van der Waals surface area contributed by atoms with Crippen LogP contribution in [0.4, 0.5) is 10.1 Å². The van der Waals surface area contributed by atoms with Crippen molar-refractivity contribution in [2.75, 3.05) is 18.5 Å². The van der Waals surface area contributed by atoms with Crippen LogP contribution in [0.1, 0.15) is 18.4 Å². The summed E-state index contributed by atoms with van der Waals surface area (Å²) < 4.78 is 24.0. The fourth-order valence-corrected chi connectivity index (χ4v) is 2.57. The molecule has 2 rings (SSSR count). The standard InChI is InChI=1S/C19H18Cl2FNO4/c1-12-9-13(20)5-7-17(12)26-8-2-3-19(25)27-11-18(24)23-16-10-14(21)4-6-15(16)22/h4-7,9-10H,2-3,8,11H2,1H3,(H,23,24). The molecule has 0 saturated carbocycles. The molecule has 0 aliphatic heterocycles. The molecule has 0 unspecified atom stereocenters. The van der Waals surface area contributed by atoms with Crippen LogP contribution in [0.25, 0.3) is 0 Å². The lowest BCUT2D eigenvalue weighted by Gasteiger charge is -2.10. The fourth-order valence-electron chi connectivity index (χ4n) is 2.17. The number of rotatable bonds is 8. The minimum atomic E-state index is -0.655. The Morgan fingerprint density at radius 1 is 1.11 bits per heavy atom. The van der Waals surface area contributed by atoms with E-state index in [4.69, 9.17) is 32.7 Å². The topological polar surface area (TPSA) is 64.6 Å². The van der Waals surface area contributed by atoms with Crippen molar-refractivity contribution < 1.29 is 23.5 Å². The lowest BCUT2D eigenvalue weighted by Crippen LogP contribution is -2.21. The molecule has 0 atom stereocenters. The summed E-state index contributed by atoms with van der Waals surface area (Å²) in [5.74, 6) is -1.14. The van der Waals surface area contributed by atoms with E-state index in [0.29, 0.717) is 23.8 Å². The molecule has 0 heterocycles. The van der Waals surface area contributed by atoms with Gasteiger partial charge in [0.15, 0.2) is 6.61 Å². The highest BCUT2D eigenvalue weighted by Crippen LogP contribution is 2.22. The second kappa shape index (κ2) is 10.1. The Morgan fingerprint density at radius 2 is 1.81 bits per heavy atom. The van der Waals surface area contributed by atoms with Crippen molar-refractivity contribution >= 4 is 40.8 Å². The Kier molecular flexibility index (Phi) is 7.88. The molecule has 2 aromatic rings. The van der Waals surface area contributed by atoms with Gasteiger partial charge in [0.05, 0.1) is 12.3 Å². The van der Waals surface area contributed by atoms with Gasteiger partial charge in [-0.2, -0.15) is 0 Å². The van der Waals surface area contributed by atoms with Gasteiger partial charge < -0.3 is 14.8 Å². The van der Waals surface area contributed by atoms with Gasteiger partial charge in [0.2, 0.25) is 0 Å². The SMILES string of the molecule is Cc1cc(Cl)ccc1OCCCC(=O)OCC(=O)Nc1cc(Cl)ccc1F. The number of carbonyl (C=O) groups excluding carboxylic acids is 2. The molecule has 8 heteroatoms. The number of nitrogens with one attached hydrogen (secondary N) is 1. The van der Waals surface area contributed by atoms with Crippen molar-refractivity contribution in [2.24, 2.45) is 0 Å². The molecule has 1 N–H and O–H groups in total. The van der Waals surface area contributed by atoms with E-state index in [1.807, 2.05) is 6.92 Å². The normalized spacial score (nSPS) is 10.4. The first kappa shape index (κ1) is 21.0. The summed E-state index contributed by atoms with van der Waals surface area (Å²) in [6.45, 7) is 1.68. The average Bonchev–Trinajstić information content (AvgIpc) is 2.61. The molecule has 0 bridgehead atoms. The Balaban J connectivity index is 1.67. The first-order valence-corrected chi connectivity index (χ1v) is 8.90. The first-order valence-electron chi connectivity index (χ1n) is 8.14. The first-order chi connectivity index (χ1) is 12.8. The molecular formula is C19H18Cl2FNO4. The van der Waals surface area contributed by atoms with Gasteiger partial charge in [0.25, 0.3) is 5.91 Å². The smallest absolute Gasteiger partial charge is 0.306 e. The van der Waals surface area contributed by atoms with Crippen molar-refractivity contribution in [3.63, 3.8) is 0 Å². The van der Waals surface area contributed by atoms with Crippen LogP contribution in [0.5, 0.6) is 5.75 Å². The molecule has 5 nitrogen and oxygen atoms in total. The minimum Gasteiger partial charge on any atom is -0.493 e. The zero-order valence-electron chi connectivity index (χ0n) is 14.6. The van der Waals surface area contributed by atoms with Gasteiger partial charge in [0.1, 0.15) is 11.6 Å². The molecule has 27 heavy (non-hydrogen) atoms. The Hall–Kier alpha value is -2.31. The van der Waals surface area contributed by atoms with Crippen molar-refractivity contribution in [3.8, 4) is 5.75 Å². The van der Waals surface area contributed by atoms with Crippen LogP contribution < -0.4 is 10.1 Å². The Labute approximate surface area is 166 Å². The van der Waals surface area contributed by atoms with Gasteiger partial charge in [0, 0.05) is 16.5 Å². The lowest BCUT2D eigenvalue weighted by atomic mass is 10.2. The number of anilines is 1. The van der Waals surface area contributed by atoms with Crippen molar-refractivity contribution in [1.82, 2.24) is 0 Å². The molecule has 0 aromatic heterocycles. The number of hydrogen-bond donors (Lipinski definition) is 1. The summed E-state index contributed by atoms with van der Waals surface area (Å²) >= 11 is 11.6. The number of hydrogen-bond acceptors (Lipinski definition) is 4. The van der Waals surface area contributed by atoms with Crippen LogP contribution in [0, 0.1) is 12.7 Å². The quantitative estimate of drug-likeness (QED) is 0.499. The summed E-state index contributed by atoms with van der Waals surface area (Å²) in [6.07, 6.45) is 0.511. The molecule has 0 spiro atoms. The number of carbonyl (C=O) groups is 2. The Bertz CT molecular complexity index is 829. The van der Waals surface area contributed by atoms with Gasteiger partial charge in [-0.15, -0.1) is 0 Å². The fraction of sp³-hybridized carbons (Fsp3) is 0.263. The molecule has 1 amide bonds. The van der Waals surface area contributed by atoms with Gasteiger partial charge in [-0.25, -0.2) is 4.39 Å². The van der Waals surface area contributed by atoms with E-state index in [1.54, 1.807) is 18.2 Å². The number of halogens is 3. The van der Waals surface area contributed by atoms with Gasteiger partial charge in [-0.1, -0.05) is 23.2 Å². The number of aryl methyl sites for hydroxylation is 1. The zero-order valence-corrected chi connectivity index (χ0v) is 16.1. The predicted octanol–water partition coefficient (Wildman–Crippen LogP) is 4.78. The van der Waals surface area contributed by atoms with Crippen LogP contribution >= 0.6 is 23.2 Å². The summed E-state index contributed by atoms with van der Waals surface area (Å²) in [5.41, 5.74) is 0.824. The third kappa shape index (κ3) is 7.07. The van der Waals surface area contributed by atoms with Crippen LogP contribution in [0.3, 0.4) is 0 Å². The highest BCUT2D eigenvalue weighted by Gasteiger charge is 2.11. The highest BCUT2D eigenvalue weighted by atomic mass is 35.5. The van der Waals surface area contributed by atoms with E-state index in [0.717, 1.165) is 11.6 Å². The zero-order chi connectivity index (χ0) is 19.8. The van der Waals surface area contributed by atoms with E-state index in [2.05, 4.69) is 5.32 Å². The molecular weight excluding hydrogens is 396 g/mol. The van der Waals surface area contributed by atoms with E-state index < -0.39 is 24.3 Å². The van der Waals surface area contributed by atoms with E-state index in [9.17, 15) is 14.0 Å². The van der Waals surface area contributed by atoms with Gasteiger partial charge in [-0.3, -0.25) is 9.59 Å². The molecule has 0 aliphatic carbocycles. The van der Waals surface area contributed by atoms with Crippen LogP contribution in [-0.2, 0) is 14.3 Å². The van der Waals surface area contributed by atoms with Crippen LogP contribution in [0.15, 0.2) is 36.4 Å².